The van der Waals surface area contributed by atoms with Crippen molar-refractivity contribution in [2.24, 2.45) is 17.4 Å². The van der Waals surface area contributed by atoms with Crippen LogP contribution in [0.3, 0.4) is 0 Å². The number of nitrogens with two attached hydrogens (primary N) is 2. The van der Waals surface area contributed by atoms with Crippen LogP contribution in [0.1, 0.15) is 78.8 Å². The van der Waals surface area contributed by atoms with Crippen molar-refractivity contribution in [3.8, 4) is 115 Å². The second kappa shape index (κ2) is 21.2. The quantitative estimate of drug-likeness (QED) is 0.0307. The maximum absolute atomic E-state index is 14.7. The van der Waals surface area contributed by atoms with Crippen molar-refractivity contribution < 1.29 is 191 Å². The van der Waals surface area contributed by atoms with Gasteiger partial charge in [-0.2, -0.15) is 10.2 Å². The van der Waals surface area contributed by atoms with E-state index in [9.17, 15) is 182 Å². The number of anilines is 4. The van der Waals surface area contributed by atoms with Crippen LogP contribution in [0.2, 0.25) is 0 Å². The highest BCUT2D eigenvalue weighted by molar-refractivity contribution is 6.16. The molecular formula is C50H48N10O38. The van der Waals surface area contributed by atoms with Crippen LogP contribution < -0.4 is 40.5 Å². The number of benzene rings is 4. The van der Waals surface area contributed by atoms with Crippen LogP contribution in [0, 0.1) is 5.92 Å². The minimum absolute atomic E-state index is 0.217. The average molecular weight is 1400 g/mol. The van der Waals surface area contributed by atoms with E-state index in [4.69, 9.17) is 16.2 Å². The lowest BCUT2D eigenvalue weighted by Gasteiger charge is -2.46. The molecule has 1 unspecified atom stereocenters. The number of ether oxygens (including phenoxy) is 2. The highest BCUT2D eigenvalue weighted by Crippen LogP contribution is 2.64. The van der Waals surface area contributed by atoms with Crippen LogP contribution in [-0.2, 0) is 21.2 Å². The van der Waals surface area contributed by atoms with Crippen molar-refractivity contribution in [1.82, 2.24) is 19.6 Å². The van der Waals surface area contributed by atoms with Crippen molar-refractivity contribution in [3.05, 3.63) is 33.9 Å². The number of primary amides is 2. The number of piperidine rings is 2. The lowest BCUT2D eigenvalue weighted by Crippen LogP contribution is -2.68. The maximum atomic E-state index is 14.7. The molecule has 0 radical (unpaired) electrons. The Hall–Kier alpha value is -12.0. The molecule has 6 heterocycles. The van der Waals surface area contributed by atoms with E-state index < -0.39 is 306 Å². The van der Waals surface area contributed by atoms with Gasteiger partial charge < -0.3 is 174 Å². The molecule has 98 heavy (non-hydrogen) atoms. The van der Waals surface area contributed by atoms with Gasteiger partial charge in [0.05, 0.1) is 30.8 Å². The van der Waals surface area contributed by atoms with E-state index in [1.54, 1.807) is 0 Å². The molecule has 0 spiro atoms. The van der Waals surface area contributed by atoms with Crippen molar-refractivity contribution >= 4 is 58.2 Å². The number of carbonyl (C=O) groups is 6. The van der Waals surface area contributed by atoms with Gasteiger partial charge in [-0.15, -0.1) is 0 Å². The summed E-state index contributed by atoms with van der Waals surface area (Å²) in [5, 5.41) is 342. The summed E-state index contributed by atoms with van der Waals surface area (Å²) in [6.07, 6.45) is -4.35. The number of rotatable bonds is 12. The Labute approximate surface area is 534 Å². The van der Waals surface area contributed by atoms with Crippen LogP contribution in [0.4, 0.5) is 22.7 Å². The molecule has 48 heteroatoms. The number of hydrogen-bond acceptors (Lipinski definition) is 40. The number of aromatic hydroxyl groups is 16. The number of fused-ring (bicyclic) bond motifs is 2. The van der Waals surface area contributed by atoms with Gasteiger partial charge in [0.25, 0.3) is 52.9 Å². The molecule has 2 fully saturated rings. The van der Waals surface area contributed by atoms with Gasteiger partial charge in [0.2, 0.25) is 46.2 Å². The van der Waals surface area contributed by atoms with Gasteiger partial charge in [-0.05, 0) is 6.42 Å². The number of aliphatic hydroxyl groups is 14. The molecule has 0 saturated carbocycles. The zero-order valence-electron chi connectivity index (χ0n) is 48.0. The first-order valence-corrected chi connectivity index (χ1v) is 26.5. The fraction of sp³-hybridized carbons (Fsp3) is 0.280. The Morgan fingerprint density at radius 3 is 1.10 bits per heavy atom. The molecule has 6 aromatic rings. The smallest absolute Gasteiger partial charge is 0.315 e. The fourth-order valence-corrected chi connectivity index (χ4v) is 11.3. The van der Waals surface area contributed by atoms with E-state index >= 15 is 0 Å². The third-order valence-electron chi connectivity index (χ3n) is 16.1. The highest BCUT2D eigenvalue weighted by atomic mass is 16.6. The molecular weight excluding hydrogens is 1350 g/mol. The predicted octanol–water partition coefficient (Wildman–Crippen LogP) is -9.67. The number of phenolic OH excluding ortho intramolecular Hbond substituents is 16. The highest BCUT2D eigenvalue weighted by Gasteiger charge is 2.68. The summed E-state index contributed by atoms with van der Waals surface area (Å²) >= 11 is 0. The first-order valence-electron chi connectivity index (χ1n) is 26.5. The average Bonchev–Trinajstić information content (AvgIpc) is 1.40. The summed E-state index contributed by atoms with van der Waals surface area (Å²) in [5.74, 6) is -79.4. The molecule has 4 aliphatic heterocycles. The van der Waals surface area contributed by atoms with E-state index in [0.29, 0.717) is 0 Å². The molecule has 526 valence electrons. The number of amides is 6. The zero-order chi connectivity index (χ0) is 73.7. The largest absolute Gasteiger partial charge is 0.503 e. The Morgan fingerprint density at radius 2 is 0.765 bits per heavy atom. The minimum Gasteiger partial charge on any atom is -0.503 e. The van der Waals surface area contributed by atoms with Gasteiger partial charge in [0, 0.05) is 19.3 Å². The molecule has 0 aliphatic carbocycles. The van der Waals surface area contributed by atoms with Gasteiger partial charge in [0.15, 0.2) is 91.8 Å². The summed E-state index contributed by atoms with van der Waals surface area (Å²) in [6.45, 7) is -1.51. The number of aromatic nitrogens is 4. The Kier molecular flexibility index (Phi) is 14.9. The summed E-state index contributed by atoms with van der Waals surface area (Å²) in [4.78, 5) is 78.4. The first kappa shape index (κ1) is 68.8. The van der Waals surface area contributed by atoms with Crippen LogP contribution in [0.25, 0.3) is 11.4 Å². The lowest BCUT2D eigenvalue weighted by atomic mass is 9.91. The van der Waals surface area contributed by atoms with Gasteiger partial charge >= 0.3 is 11.8 Å². The molecule has 2 saturated heterocycles. The van der Waals surface area contributed by atoms with Crippen LogP contribution in [0.15, 0.2) is 0 Å². The van der Waals surface area contributed by atoms with Gasteiger partial charge in [-0.25, -0.2) is 24.1 Å². The molecule has 48 nitrogen and oxygen atoms in total. The molecule has 2 aromatic heterocycles. The van der Waals surface area contributed by atoms with Gasteiger partial charge in [-0.1, -0.05) is 0 Å². The zero-order valence-corrected chi connectivity index (χ0v) is 48.0. The topological polar surface area (TPSA) is 828 Å². The summed E-state index contributed by atoms with van der Waals surface area (Å²) in [7, 11) is 0.784. The van der Waals surface area contributed by atoms with E-state index in [-0.39, 0.29) is 9.36 Å². The molecule has 0 bridgehead atoms. The minimum atomic E-state index is -4.93. The molecule has 1 atom stereocenters. The third-order valence-corrected chi connectivity index (χ3v) is 16.1. The second-order valence-corrected chi connectivity index (χ2v) is 21.8. The molecule has 10 rings (SSSR count). The number of nitrogens with zero attached hydrogens (tertiary/aromatic N) is 8. The Bertz CT molecular complexity index is 4490. The first-order chi connectivity index (χ1) is 44.9. The van der Waals surface area contributed by atoms with Gasteiger partial charge in [-0.3, -0.25) is 33.7 Å². The molecule has 4 aliphatic rings. The number of carbonyl (C=O) groups excluding carboxylic acids is 6. The van der Waals surface area contributed by atoms with Crippen LogP contribution in [0.5, 0.6) is 103 Å². The summed E-state index contributed by atoms with van der Waals surface area (Å²) < 4.78 is 9.37. The van der Waals surface area contributed by atoms with E-state index in [1.807, 2.05) is 0 Å². The van der Waals surface area contributed by atoms with Crippen molar-refractivity contribution in [2.45, 2.75) is 66.7 Å². The predicted molar refractivity (Wildman–Crippen MR) is 294 cm³/mol. The van der Waals surface area contributed by atoms with Crippen LogP contribution >= 0.6 is 0 Å². The standard InChI is InChI=1S/C50H48N10O38/c1-97-37-33(74)29(70)19(30(71)34(37)75)59-13-9(11(53-59)39(51)78)46(87,88)49(93,94)56(41(13)80)16-23(64)21(62)15(22(63)24(16)65)55-8(61)3-2-7(48(55,91)92)6-98-38-35(76)31(72)20(32(73)36(38)77)60-14-10(12(54-60)40(52)79)47(89,90)50(95,96)57(42(14)81)17-25(66)27(68)18(28(69)26(17)67)58-43(82)44(83,84)4-5-45(58,85)86/h7,62-77,83-96H,2-6H2,1H3,(H2,51,78)(H2,52,79). The monoisotopic (exact) mass is 1400 g/mol. The Morgan fingerprint density at radius 1 is 0.449 bits per heavy atom. The number of phenols is 16. The van der Waals surface area contributed by atoms with Crippen molar-refractivity contribution in [3.63, 3.8) is 0 Å². The van der Waals surface area contributed by atoms with E-state index in [1.165, 1.54) is 0 Å². The normalized spacial score (nSPS) is 19.5. The summed E-state index contributed by atoms with van der Waals surface area (Å²) in [6, 6.07) is 0. The summed E-state index contributed by atoms with van der Waals surface area (Å²) in [5.41, 5.74) is -11.0. The van der Waals surface area contributed by atoms with Crippen molar-refractivity contribution in [2.75, 3.05) is 33.3 Å². The maximum Gasteiger partial charge on any atom is 0.315 e. The Balaban J connectivity index is 1.02. The van der Waals surface area contributed by atoms with E-state index in [0.717, 1.165) is 7.11 Å². The van der Waals surface area contributed by atoms with Gasteiger partial charge in [0.1, 0.15) is 34.1 Å². The molecule has 34 N–H and O–H groups in total. The molecule has 6 amide bonds. The number of hydrogen-bond donors (Lipinski definition) is 32. The SMILES string of the molecule is COc1c(O)c(O)c(-n2nc(C(N)=O)c3c2C(=O)N(c2c(O)c(O)c(N4C(=O)CCC(COc5c(O)c(O)c(-n6nc(C(N)=O)c7c6C(=O)N(c6c(O)c(O)c(N8C(=O)C(O)(O)CCC8(O)O)c(O)c6O)C(O)(O)C7(O)O)c(O)c5O)C4(O)O)c(O)c2O)C(O)(O)C3(O)O)c(O)c1O. The second-order valence-electron chi connectivity index (χ2n) is 21.8. The third kappa shape index (κ3) is 8.75. The number of methoxy groups -OCH3 is 1. The molecule has 4 aromatic carbocycles. The van der Waals surface area contributed by atoms with Crippen molar-refractivity contribution in [1.29, 1.82) is 0 Å². The lowest BCUT2D eigenvalue weighted by molar-refractivity contribution is -0.364. The van der Waals surface area contributed by atoms with E-state index in [2.05, 4.69) is 14.9 Å². The fourth-order valence-electron chi connectivity index (χ4n) is 11.3. The van der Waals surface area contributed by atoms with Crippen LogP contribution in [-0.4, -0.2) is 251 Å².